The average Bonchev–Trinajstić information content (AvgIpc) is 3.38. The van der Waals surface area contributed by atoms with Crippen LogP contribution in [0.25, 0.3) is 0 Å². The van der Waals surface area contributed by atoms with Gasteiger partial charge in [-0.2, -0.15) is 4.31 Å². The minimum absolute atomic E-state index is 0.0161. The molecule has 2 aromatic rings. The molecule has 182 valence electrons. The summed E-state index contributed by atoms with van der Waals surface area (Å²) in [5.74, 6) is -0.290. The molecule has 1 unspecified atom stereocenters. The van der Waals surface area contributed by atoms with Gasteiger partial charge < -0.3 is 15.5 Å². The van der Waals surface area contributed by atoms with Gasteiger partial charge in [0, 0.05) is 43.5 Å². The van der Waals surface area contributed by atoms with Crippen molar-refractivity contribution in [2.45, 2.75) is 56.5 Å². The number of hydrogen-bond donors (Lipinski definition) is 2. The molecule has 3 amide bonds. The molecule has 0 spiro atoms. The third-order valence-corrected chi connectivity index (χ3v) is 8.52. The molecular formula is C25H32N4O4S. The van der Waals surface area contributed by atoms with Gasteiger partial charge in [-0.3, -0.25) is 4.79 Å². The number of carbonyl (C=O) groups excluding carboxylic acids is 2. The summed E-state index contributed by atoms with van der Waals surface area (Å²) in [6.07, 6.45) is 4.84. The fourth-order valence-corrected chi connectivity index (χ4v) is 6.21. The molecule has 2 aliphatic rings. The molecule has 2 N–H and O–H groups in total. The number of carbonyl (C=O) groups is 2. The van der Waals surface area contributed by atoms with E-state index in [-0.39, 0.29) is 29.4 Å². The molecule has 0 aromatic heterocycles. The number of likely N-dealkylation sites (tertiary alicyclic amines) is 1. The molecule has 1 atom stereocenters. The van der Waals surface area contributed by atoms with Crippen molar-refractivity contribution in [3.63, 3.8) is 0 Å². The van der Waals surface area contributed by atoms with Gasteiger partial charge in [0.1, 0.15) is 0 Å². The zero-order valence-electron chi connectivity index (χ0n) is 19.5. The number of amides is 3. The van der Waals surface area contributed by atoms with E-state index in [4.69, 9.17) is 0 Å². The van der Waals surface area contributed by atoms with E-state index in [1.54, 1.807) is 21.3 Å². The lowest BCUT2D eigenvalue weighted by Crippen LogP contribution is -2.41. The van der Waals surface area contributed by atoms with Gasteiger partial charge in [0.2, 0.25) is 10.0 Å². The van der Waals surface area contributed by atoms with E-state index in [9.17, 15) is 18.0 Å². The number of anilines is 1. The first-order valence-corrected chi connectivity index (χ1v) is 13.3. The number of sulfonamides is 1. The monoisotopic (exact) mass is 484 g/mol. The highest BCUT2D eigenvalue weighted by Crippen LogP contribution is 2.25. The molecule has 34 heavy (non-hydrogen) atoms. The van der Waals surface area contributed by atoms with Gasteiger partial charge in [-0.1, -0.05) is 18.6 Å². The van der Waals surface area contributed by atoms with Crippen molar-refractivity contribution in [2.75, 3.05) is 25.0 Å². The second-order valence-corrected chi connectivity index (χ2v) is 10.9. The fourth-order valence-electron chi connectivity index (χ4n) is 4.51. The van der Waals surface area contributed by atoms with Crippen LogP contribution in [-0.2, 0) is 16.6 Å². The lowest BCUT2D eigenvalue weighted by molar-refractivity contribution is 0.0950. The van der Waals surface area contributed by atoms with E-state index in [1.807, 2.05) is 31.2 Å². The molecular weight excluding hydrogens is 452 g/mol. The van der Waals surface area contributed by atoms with Crippen LogP contribution in [-0.4, -0.2) is 55.2 Å². The Morgan fingerprint density at radius 3 is 2.38 bits per heavy atom. The van der Waals surface area contributed by atoms with Crippen molar-refractivity contribution in [1.82, 2.24) is 14.5 Å². The van der Waals surface area contributed by atoms with Gasteiger partial charge in [0.05, 0.1) is 4.90 Å². The summed E-state index contributed by atoms with van der Waals surface area (Å²) >= 11 is 0. The molecule has 0 radical (unpaired) electrons. The van der Waals surface area contributed by atoms with Gasteiger partial charge >= 0.3 is 6.03 Å². The van der Waals surface area contributed by atoms with E-state index < -0.39 is 10.0 Å². The molecule has 2 fully saturated rings. The predicted molar refractivity (Wildman–Crippen MR) is 131 cm³/mol. The molecule has 2 aromatic carbocycles. The van der Waals surface area contributed by atoms with Crippen molar-refractivity contribution in [2.24, 2.45) is 0 Å². The second-order valence-electron chi connectivity index (χ2n) is 8.99. The third kappa shape index (κ3) is 5.59. The highest BCUT2D eigenvalue weighted by Gasteiger charge is 2.30. The minimum atomic E-state index is -3.57. The zero-order valence-corrected chi connectivity index (χ0v) is 20.3. The highest BCUT2D eigenvalue weighted by molar-refractivity contribution is 7.89. The van der Waals surface area contributed by atoms with Gasteiger partial charge in [0.25, 0.3) is 5.91 Å². The average molecular weight is 485 g/mol. The van der Waals surface area contributed by atoms with E-state index in [2.05, 4.69) is 10.6 Å². The zero-order chi connectivity index (χ0) is 24.1. The normalized spacial score (nSPS) is 19.1. The Balaban J connectivity index is 1.35. The summed E-state index contributed by atoms with van der Waals surface area (Å²) in [4.78, 5) is 26.9. The molecule has 2 saturated heterocycles. The lowest BCUT2D eigenvalue weighted by Gasteiger charge is -2.32. The first kappa shape index (κ1) is 24.2. The van der Waals surface area contributed by atoms with Crippen LogP contribution in [0, 0.1) is 0 Å². The number of urea groups is 1. The Kier molecular flexibility index (Phi) is 7.53. The quantitative estimate of drug-likeness (QED) is 0.651. The maximum Gasteiger partial charge on any atom is 0.321 e. The summed E-state index contributed by atoms with van der Waals surface area (Å²) in [5, 5.41) is 5.76. The summed E-state index contributed by atoms with van der Waals surface area (Å²) in [7, 11) is -3.57. The topological polar surface area (TPSA) is 98.8 Å². The molecule has 0 aliphatic carbocycles. The highest BCUT2D eigenvalue weighted by atomic mass is 32.2. The summed E-state index contributed by atoms with van der Waals surface area (Å²) < 4.78 is 27.5. The summed E-state index contributed by atoms with van der Waals surface area (Å²) in [6, 6.07) is 13.3. The standard InChI is InChI=1S/C25H32N4O4S/c1-19-7-2-3-16-29(19)34(32,33)23-12-10-21(11-13-23)24(30)26-18-20-8-6-9-22(17-20)27-25(31)28-14-4-5-15-28/h6,8-13,17,19H,2-5,7,14-16,18H2,1H3,(H,26,30)(H,27,31). The van der Waals surface area contributed by atoms with Crippen LogP contribution in [0.15, 0.2) is 53.4 Å². The first-order chi connectivity index (χ1) is 16.3. The summed E-state index contributed by atoms with van der Waals surface area (Å²) in [5.41, 5.74) is 1.93. The van der Waals surface area contributed by atoms with Gasteiger partial charge in [-0.25, -0.2) is 13.2 Å². The number of rotatable bonds is 6. The van der Waals surface area contributed by atoms with Crippen molar-refractivity contribution in [3.8, 4) is 0 Å². The van der Waals surface area contributed by atoms with Crippen LogP contribution >= 0.6 is 0 Å². The molecule has 2 aliphatic heterocycles. The van der Waals surface area contributed by atoms with Gasteiger partial charge in [-0.05, 0) is 74.6 Å². The minimum Gasteiger partial charge on any atom is -0.348 e. The SMILES string of the molecule is CC1CCCCN1S(=O)(=O)c1ccc(C(=O)NCc2cccc(NC(=O)N3CCCC3)c2)cc1. The fraction of sp³-hybridized carbons (Fsp3) is 0.440. The Morgan fingerprint density at radius 2 is 1.68 bits per heavy atom. The molecule has 0 saturated carbocycles. The number of hydrogen-bond acceptors (Lipinski definition) is 4. The third-order valence-electron chi connectivity index (χ3n) is 6.49. The Hall–Kier alpha value is -2.91. The molecule has 0 bridgehead atoms. The van der Waals surface area contributed by atoms with E-state index in [1.165, 1.54) is 12.1 Å². The van der Waals surface area contributed by atoms with Crippen LogP contribution in [0.3, 0.4) is 0 Å². The molecule has 8 nitrogen and oxygen atoms in total. The largest absolute Gasteiger partial charge is 0.348 e. The van der Waals surface area contributed by atoms with Crippen molar-refractivity contribution in [1.29, 1.82) is 0 Å². The van der Waals surface area contributed by atoms with Crippen LogP contribution < -0.4 is 10.6 Å². The maximum absolute atomic E-state index is 13.0. The van der Waals surface area contributed by atoms with Crippen molar-refractivity contribution < 1.29 is 18.0 Å². The van der Waals surface area contributed by atoms with Gasteiger partial charge in [-0.15, -0.1) is 0 Å². The number of nitrogens with one attached hydrogen (secondary N) is 2. The predicted octanol–water partition coefficient (Wildman–Crippen LogP) is 3.81. The first-order valence-electron chi connectivity index (χ1n) is 11.9. The molecule has 4 rings (SSSR count). The lowest BCUT2D eigenvalue weighted by atomic mass is 10.1. The molecule has 2 heterocycles. The number of benzene rings is 2. The van der Waals surface area contributed by atoms with Crippen molar-refractivity contribution >= 4 is 27.6 Å². The maximum atomic E-state index is 13.0. The van der Waals surface area contributed by atoms with Crippen LogP contribution in [0.2, 0.25) is 0 Å². The van der Waals surface area contributed by atoms with Gasteiger partial charge in [0.15, 0.2) is 0 Å². The smallest absolute Gasteiger partial charge is 0.321 e. The Labute approximate surface area is 201 Å². The van der Waals surface area contributed by atoms with E-state index in [0.717, 1.165) is 50.8 Å². The van der Waals surface area contributed by atoms with Crippen molar-refractivity contribution in [3.05, 3.63) is 59.7 Å². The summed E-state index contributed by atoms with van der Waals surface area (Å²) in [6.45, 7) is 4.31. The van der Waals surface area contributed by atoms with Crippen LogP contribution in [0.4, 0.5) is 10.5 Å². The number of nitrogens with zero attached hydrogens (tertiary/aromatic N) is 2. The van der Waals surface area contributed by atoms with Crippen LogP contribution in [0.1, 0.15) is 54.9 Å². The van der Waals surface area contributed by atoms with Crippen LogP contribution in [0.5, 0.6) is 0 Å². The molecule has 9 heteroatoms. The van der Waals surface area contributed by atoms with E-state index >= 15 is 0 Å². The Bertz CT molecular complexity index is 1130. The van der Waals surface area contributed by atoms with E-state index in [0.29, 0.717) is 17.8 Å². The Morgan fingerprint density at radius 1 is 0.971 bits per heavy atom. The number of piperidine rings is 1. The second kappa shape index (κ2) is 10.6.